The topological polar surface area (TPSA) is 79.5 Å². The molecule has 0 unspecified atom stereocenters. The third-order valence-corrected chi connectivity index (χ3v) is 4.80. The van der Waals surface area contributed by atoms with E-state index in [0.717, 1.165) is 25.2 Å². The normalized spacial score (nSPS) is 11.8. The van der Waals surface area contributed by atoms with Gasteiger partial charge >= 0.3 is 0 Å². The first-order valence-electron chi connectivity index (χ1n) is 6.77. The second kappa shape index (κ2) is 7.56. The van der Waals surface area contributed by atoms with Crippen molar-refractivity contribution in [3.63, 3.8) is 0 Å². The molecule has 0 saturated heterocycles. The predicted octanol–water partition coefficient (Wildman–Crippen LogP) is 0.897. The highest BCUT2D eigenvalue weighted by atomic mass is 32.2. The summed E-state index contributed by atoms with van der Waals surface area (Å²) in [6.07, 6.45) is 3.55. The maximum atomic E-state index is 12.0. The molecule has 1 aromatic heterocycles. The summed E-state index contributed by atoms with van der Waals surface area (Å²) in [6.45, 7) is 4.26. The Kier molecular flexibility index (Phi) is 6.38. The molecule has 0 aliphatic rings. The summed E-state index contributed by atoms with van der Waals surface area (Å²) >= 11 is 0. The second-order valence-electron chi connectivity index (χ2n) is 4.77. The number of pyridine rings is 1. The Bertz CT molecular complexity index is 500. The molecular formula is C13H24N4O2S. The summed E-state index contributed by atoms with van der Waals surface area (Å²) in [5.74, 6) is 0.765. The van der Waals surface area contributed by atoms with Crippen molar-refractivity contribution < 1.29 is 8.42 Å². The van der Waals surface area contributed by atoms with Crippen LogP contribution in [0.15, 0.2) is 23.2 Å². The number of hydrogen-bond donors (Lipinski definition) is 1. The van der Waals surface area contributed by atoms with Crippen LogP contribution in [0.25, 0.3) is 0 Å². The van der Waals surface area contributed by atoms with Crippen LogP contribution >= 0.6 is 0 Å². The van der Waals surface area contributed by atoms with E-state index in [1.54, 1.807) is 12.1 Å². The van der Waals surface area contributed by atoms with Crippen molar-refractivity contribution in [3.8, 4) is 0 Å². The first-order valence-corrected chi connectivity index (χ1v) is 8.21. The number of hydrogen-bond acceptors (Lipinski definition) is 5. The quantitative estimate of drug-likeness (QED) is 0.771. The molecule has 20 heavy (non-hydrogen) atoms. The molecule has 0 fully saturated rings. The van der Waals surface area contributed by atoms with Crippen LogP contribution in [0.1, 0.15) is 19.8 Å². The summed E-state index contributed by atoms with van der Waals surface area (Å²) in [6, 6.07) is 3.33. The average Bonchev–Trinajstić information content (AvgIpc) is 2.43. The van der Waals surface area contributed by atoms with E-state index >= 15 is 0 Å². The zero-order valence-corrected chi connectivity index (χ0v) is 13.2. The van der Waals surface area contributed by atoms with Crippen LogP contribution in [-0.4, -0.2) is 51.4 Å². The molecule has 6 nitrogen and oxygen atoms in total. The monoisotopic (exact) mass is 300 g/mol. The minimum absolute atomic E-state index is 0.203. The Balaban J connectivity index is 2.93. The number of anilines is 1. The standard InChI is InChI=1S/C13H24N4O2S/c1-4-5-9-17(10-8-14)13-7-6-12(11-15-13)20(18,19)16(2)3/h6-7,11H,4-5,8-10,14H2,1-3H3. The summed E-state index contributed by atoms with van der Waals surface area (Å²) in [4.78, 5) is 6.55. The maximum absolute atomic E-state index is 12.0. The number of unbranched alkanes of at least 4 members (excludes halogenated alkanes) is 1. The minimum Gasteiger partial charge on any atom is -0.355 e. The lowest BCUT2D eigenvalue weighted by Gasteiger charge is -2.23. The number of rotatable bonds is 8. The van der Waals surface area contributed by atoms with Gasteiger partial charge in [0.05, 0.1) is 0 Å². The summed E-state index contributed by atoms with van der Waals surface area (Å²) in [5, 5.41) is 0. The zero-order chi connectivity index (χ0) is 15.2. The molecule has 1 aromatic rings. The fourth-order valence-corrected chi connectivity index (χ4v) is 2.62. The summed E-state index contributed by atoms with van der Waals surface area (Å²) < 4.78 is 25.1. The Morgan fingerprint density at radius 2 is 1.95 bits per heavy atom. The van der Waals surface area contributed by atoms with Gasteiger partial charge in [-0.15, -0.1) is 0 Å². The number of aromatic nitrogens is 1. The molecule has 114 valence electrons. The molecule has 1 heterocycles. The highest BCUT2D eigenvalue weighted by molar-refractivity contribution is 7.89. The van der Waals surface area contributed by atoms with Crippen LogP contribution < -0.4 is 10.6 Å². The molecule has 1 rings (SSSR count). The maximum Gasteiger partial charge on any atom is 0.244 e. The van der Waals surface area contributed by atoms with E-state index in [4.69, 9.17) is 5.73 Å². The van der Waals surface area contributed by atoms with Crippen molar-refractivity contribution in [1.82, 2.24) is 9.29 Å². The van der Waals surface area contributed by atoms with Crippen LogP contribution in [-0.2, 0) is 10.0 Å². The van der Waals surface area contributed by atoms with E-state index < -0.39 is 10.0 Å². The number of sulfonamides is 1. The Morgan fingerprint density at radius 3 is 2.40 bits per heavy atom. The molecule has 0 aromatic carbocycles. The van der Waals surface area contributed by atoms with Crippen molar-refractivity contribution in [3.05, 3.63) is 18.3 Å². The minimum atomic E-state index is -3.42. The SMILES string of the molecule is CCCCN(CCN)c1ccc(S(=O)(=O)N(C)C)cn1. The molecule has 2 N–H and O–H groups in total. The number of nitrogens with two attached hydrogens (primary N) is 1. The molecule has 0 aliphatic heterocycles. The van der Waals surface area contributed by atoms with Gasteiger partial charge in [0.2, 0.25) is 10.0 Å². The van der Waals surface area contributed by atoms with Crippen molar-refractivity contribution in [2.75, 3.05) is 38.6 Å². The van der Waals surface area contributed by atoms with Crippen molar-refractivity contribution in [2.24, 2.45) is 5.73 Å². The average molecular weight is 300 g/mol. The van der Waals surface area contributed by atoms with Gasteiger partial charge in [0, 0.05) is 39.9 Å². The van der Waals surface area contributed by atoms with E-state index in [-0.39, 0.29) is 4.90 Å². The zero-order valence-electron chi connectivity index (χ0n) is 12.4. The van der Waals surface area contributed by atoms with Gasteiger partial charge in [-0.25, -0.2) is 17.7 Å². The fourth-order valence-electron chi connectivity index (χ4n) is 1.77. The predicted molar refractivity (Wildman–Crippen MR) is 81.3 cm³/mol. The fraction of sp³-hybridized carbons (Fsp3) is 0.615. The van der Waals surface area contributed by atoms with Gasteiger partial charge in [0.25, 0.3) is 0 Å². The van der Waals surface area contributed by atoms with Gasteiger partial charge < -0.3 is 10.6 Å². The van der Waals surface area contributed by atoms with Crippen LogP contribution in [0.3, 0.4) is 0 Å². The van der Waals surface area contributed by atoms with E-state index in [9.17, 15) is 8.42 Å². The molecule has 0 aliphatic carbocycles. The van der Waals surface area contributed by atoms with E-state index in [1.165, 1.54) is 24.6 Å². The van der Waals surface area contributed by atoms with Crippen LogP contribution in [0.2, 0.25) is 0 Å². The summed E-state index contributed by atoms with van der Waals surface area (Å²) in [7, 11) is -0.411. The Morgan fingerprint density at radius 1 is 1.25 bits per heavy atom. The molecular weight excluding hydrogens is 276 g/mol. The highest BCUT2D eigenvalue weighted by Gasteiger charge is 2.18. The first kappa shape index (κ1) is 16.9. The van der Waals surface area contributed by atoms with Crippen LogP contribution in [0.4, 0.5) is 5.82 Å². The lowest BCUT2D eigenvalue weighted by Crippen LogP contribution is -2.31. The molecule has 0 atom stereocenters. The molecule has 0 radical (unpaired) electrons. The van der Waals surface area contributed by atoms with E-state index in [2.05, 4.69) is 16.8 Å². The van der Waals surface area contributed by atoms with E-state index in [0.29, 0.717) is 13.1 Å². The largest absolute Gasteiger partial charge is 0.355 e. The van der Waals surface area contributed by atoms with Gasteiger partial charge in [0.15, 0.2) is 0 Å². The van der Waals surface area contributed by atoms with Crippen molar-refractivity contribution in [1.29, 1.82) is 0 Å². The first-order chi connectivity index (χ1) is 9.43. The number of nitrogens with zero attached hydrogens (tertiary/aromatic N) is 3. The molecule has 0 saturated carbocycles. The molecule has 0 bridgehead atoms. The van der Waals surface area contributed by atoms with E-state index in [1.807, 2.05) is 0 Å². The van der Waals surface area contributed by atoms with Crippen molar-refractivity contribution >= 4 is 15.8 Å². The van der Waals surface area contributed by atoms with Crippen LogP contribution in [0.5, 0.6) is 0 Å². The van der Waals surface area contributed by atoms with Crippen LogP contribution in [0, 0.1) is 0 Å². The molecule has 0 amide bonds. The van der Waals surface area contributed by atoms with Gasteiger partial charge in [-0.2, -0.15) is 0 Å². The van der Waals surface area contributed by atoms with Gasteiger partial charge in [-0.05, 0) is 18.6 Å². The smallest absolute Gasteiger partial charge is 0.244 e. The second-order valence-corrected chi connectivity index (χ2v) is 6.92. The summed E-state index contributed by atoms with van der Waals surface area (Å²) in [5.41, 5.74) is 5.61. The molecule has 7 heteroatoms. The Labute approximate surface area is 121 Å². The van der Waals surface area contributed by atoms with Crippen molar-refractivity contribution in [2.45, 2.75) is 24.7 Å². The lowest BCUT2D eigenvalue weighted by molar-refractivity contribution is 0.520. The van der Waals surface area contributed by atoms with Gasteiger partial charge in [0.1, 0.15) is 10.7 Å². The molecule has 0 spiro atoms. The van der Waals surface area contributed by atoms with Gasteiger partial charge in [-0.1, -0.05) is 13.3 Å². The highest BCUT2D eigenvalue weighted by Crippen LogP contribution is 2.16. The third kappa shape index (κ3) is 4.16. The van der Waals surface area contributed by atoms with Gasteiger partial charge in [-0.3, -0.25) is 0 Å². The lowest BCUT2D eigenvalue weighted by atomic mass is 10.3. The Hall–Kier alpha value is -1.18. The third-order valence-electron chi connectivity index (χ3n) is 3.00.